The first-order chi connectivity index (χ1) is 10.1. The Morgan fingerprint density at radius 3 is 2.48 bits per heavy atom. The number of ether oxygens (including phenoxy) is 1. The first-order valence-electron chi connectivity index (χ1n) is 8.40. The summed E-state index contributed by atoms with van der Waals surface area (Å²) in [6.45, 7) is 2.38. The molecule has 0 spiro atoms. The Labute approximate surface area is 126 Å². The van der Waals surface area contributed by atoms with Crippen molar-refractivity contribution in [1.29, 1.82) is 0 Å². The van der Waals surface area contributed by atoms with E-state index >= 15 is 0 Å². The van der Waals surface area contributed by atoms with Gasteiger partial charge in [-0.05, 0) is 39.0 Å². The van der Waals surface area contributed by atoms with Gasteiger partial charge in [-0.25, -0.2) is 0 Å². The smallest absolute Gasteiger partial charge is 0.229 e. The Kier molecular flexibility index (Phi) is 4.60. The van der Waals surface area contributed by atoms with Crippen LogP contribution >= 0.6 is 0 Å². The van der Waals surface area contributed by atoms with Gasteiger partial charge in [-0.2, -0.15) is 4.98 Å². The third kappa shape index (κ3) is 3.64. The summed E-state index contributed by atoms with van der Waals surface area (Å²) in [5.74, 6) is 1.77. The molecule has 1 aromatic heterocycles. The molecule has 0 radical (unpaired) electrons. The van der Waals surface area contributed by atoms with Crippen LogP contribution in [0.2, 0.25) is 0 Å². The van der Waals surface area contributed by atoms with Gasteiger partial charge in [-0.3, -0.25) is 0 Å². The van der Waals surface area contributed by atoms with Crippen LogP contribution in [0.5, 0.6) is 0 Å². The van der Waals surface area contributed by atoms with E-state index in [-0.39, 0.29) is 0 Å². The normalized spacial score (nSPS) is 24.3. The average molecular weight is 293 g/mol. The predicted molar refractivity (Wildman–Crippen MR) is 79.9 cm³/mol. The number of rotatable bonds is 5. The standard InChI is InChI=1S/C16H27N3O2/c1-16(17,11-20-13-9-6-10-13)15-18-14(21-19-15)12-7-4-2-3-5-8-12/h12-13H,2-11,17H2,1H3. The SMILES string of the molecule is CC(N)(COC1CCC1)c1noc(C2CCCCCC2)n1. The molecule has 3 rings (SSSR count). The Hall–Kier alpha value is -0.940. The van der Waals surface area contributed by atoms with E-state index in [2.05, 4.69) is 10.1 Å². The molecule has 0 amide bonds. The first-order valence-corrected chi connectivity index (χ1v) is 8.40. The first kappa shape index (κ1) is 15.0. The van der Waals surface area contributed by atoms with Gasteiger partial charge in [-0.15, -0.1) is 0 Å². The molecular weight excluding hydrogens is 266 g/mol. The Morgan fingerprint density at radius 2 is 1.86 bits per heavy atom. The quantitative estimate of drug-likeness (QED) is 0.843. The zero-order valence-corrected chi connectivity index (χ0v) is 13.0. The summed E-state index contributed by atoms with van der Waals surface area (Å²) < 4.78 is 11.3. The van der Waals surface area contributed by atoms with Crippen molar-refractivity contribution in [3.05, 3.63) is 11.7 Å². The fourth-order valence-corrected chi connectivity index (χ4v) is 3.05. The highest BCUT2D eigenvalue weighted by Crippen LogP contribution is 2.31. The van der Waals surface area contributed by atoms with Gasteiger partial charge in [0.2, 0.25) is 5.89 Å². The summed E-state index contributed by atoms with van der Waals surface area (Å²) in [5, 5.41) is 4.12. The van der Waals surface area contributed by atoms with Gasteiger partial charge >= 0.3 is 0 Å². The molecule has 2 saturated carbocycles. The molecule has 2 aliphatic rings. The van der Waals surface area contributed by atoms with Crippen LogP contribution in [-0.2, 0) is 10.3 Å². The summed E-state index contributed by atoms with van der Waals surface area (Å²) in [7, 11) is 0. The zero-order chi connectivity index (χ0) is 14.7. The van der Waals surface area contributed by atoms with Crippen molar-refractivity contribution in [2.75, 3.05) is 6.61 Å². The Bertz CT molecular complexity index is 446. The summed E-state index contributed by atoms with van der Waals surface area (Å²) >= 11 is 0. The topological polar surface area (TPSA) is 74.2 Å². The second kappa shape index (κ2) is 6.44. The van der Waals surface area contributed by atoms with E-state index in [0.29, 0.717) is 24.5 Å². The molecule has 1 aromatic rings. The van der Waals surface area contributed by atoms with Crippen LogP contribution in [0, 0.1) is 0 Å². The van der Waals surface area contributed by atoms with E-state index in [1.54, 1.807) is 0 Å². The number of aromatic nitrogens is 2. The van der Waals surface area contributed by atoms with Crippen molar-refractivity contribution >= 4 is 0 Å². The highest BCUT2D eigenvalue weighted by Gasteiger charge is 2.32. The van der Waals surface area contributed by atoms with E-state index in [0.717, 1.165) is 31.6 Å². The minimum atomic E-state index is -0.665. The lowest BCUT2D eigenvalue weighted by atomic mass is 9.95. The molecule has 0 bridgehead atoms. The maximum atomic E-state index is 6.33. The van der Waals surface area contributed by atoms with Crippen molar-refractivity contribution < 1.29 is 9.26 Å². The molecule has 2 aliphatic carbocycles. The second-order valence-corrected chi connectivity index (χ2v) is 6.93. The summed E-state index contributed by atoms with van der Waals surface area (Å²) in [6.07, 6.45) is 11.4. The van der Waals surface area contributed by atoms with E-state index in [4.69, 9.17) is 15.0 Å². The molecule has 5 heteroatoms. The van der Waals surface area contributed by atoms with Gasteiger partial charge < -0.3 is 15.0 Å². The van der Waals surface area contributed by atoms with Crippen molar-refractivity contribution in [1.82, 2.24) is 10.1 Å². The molecule has 21 heavy (non-hydrogen) atoms. The average Bonchev–Trinajstić information content (AvgIpc) is 2.74. The van der Waals surface area contributed by atoms with E-state index < -0.39 is 5.54 Å². The molecule has 0 aliphatic heterocycles. The lowest BCUT2D eigenvalue weighted by molar-refractivity contribution is -0.0222. The maximum absolute atomic E-state index is 6.33. The third-order valence-electron chi connectivity index (χ3n) is 4.83. The fourth-order valence-electron chi connectivity index (χ4n) is 3.05. The van der Waals surface area contributed by atoms with Gasteiger partial charge in [0.15, 0.2) is 5.82 Å². The van der Waals surface area contributed by atoms with Crippen molar-refractivity contribution in [3.63, 3.8) is 0 Å². The van der Waals surface area contributed by atoms with Crippen LogP contribution in [-0.4, -0.2) is 22.9 Å². The van der Waals surface area contributed by atoms with E-state index in [1.165, 1.54) is 32.1 Å². The molecule has 5 nitrogen and oxygen atoms in total. The fraction of sp³-hybridized carbons (Fsp3) is 0.875. The van der Waals surface area contributed by atoms with E-state index in [9.17, 15) is 0 Å². The summed E-state index contributed by atoms with van der Waals surface area (Å²) in [6, 6.07) is 0. The molecule has 1 heterocycles. The lowest BCUT2D eigenvalue weighted by Gasteiger charge is -2.29. The molecule has 1 unspecified atom stereocenters. The predicted octanol–water partition coefficient (Wildman–Crippen LogP) is 3.25. The molecule has 2 N–H and O–H groups in total. The Morgan fingerprint density at radius 1 is 1.14 bits per heavy atom. The lowest BCUT2D eigenvalue weighted by Crippen LogP contribution is -2.41. The summed E-state index contributed by atoms with van der Waals surface area (Å²) in [4.78, 5) is 4.59. The number of hydrogen-bond donors (Lipinski definition) is 1. The minimum absolute atomic E-state index is 0.376. The van der Waals surface area contributed by atoms with Crippen LogP contribution in [0.15, 0.2) is 4.52 Å². The summed E-state index contributed by atoms with van der Waals surface area (Å²) in [5.41, 5.74) is 5.66. The van der Waals surface area contributed by atoms with Crippen LogP contribution < -0.4 is 5.73 Å². The molecular formula is C16H27N3O2. The van der Waals surface area contributed by atoms with Crippen LogP contribution in [0.4, 0.5) is 0 Å². The van der Waals surface area contributed by atoms with Gasteiger partial charge in [0, 0.05) is 5.92 Å². The second-order valence-electron chi connectivity index (χ2n) is 6.93. The van der Waals surface area contributed by atoms with Gasteiger partial charge in [0.1, 0.15) is 5.54 Å². The molecule has 118 valence electrons. The van der Waals surface area contributed by atoms with Crippen LogP contribution in [0.25, 0.3) is 0 Å². The maximum Gasteiger partial charge on any atom is 0.229 e. The van der Waals surface area contributed by atoms with Crippen molar-refractivity contribution in [2.45, 2.75) is 82.3 Å². The monoisotopic (exact) mass is 293 g/mol. The Balaban J connectivity index is 1.61. The number of nitrogens with two attached hydrogens (primary N) is 1. The molecule has 1 atom stereocenters. The van der Waals surface area contributed by atoms with Gasteiger partial charge in [0.05, 0.1) is 12.7 Å². The van der Waals surface area contributed by atoms with Crippen molar-refractivity contribution in [3.8, 4) is 0 Å². The third-order valence-corrected chi connectivity index (χ3v) is 4.83. The van der Waals surface area contributed by atoms with Crippen LogP contribution in [0.3, 0.4) is 0 Å². The minimum Gasteiger partial charge on any atom is -0.376 e. The molecule has 0 saturated heterocycles. The highest BCUT2D eigenvalue weighted by molar-refractivity contribution is 5.04. The van der Waals surface area contributed by atoms with Gasteiger partial charge in [-0.1, -0.05) is 30.8 Å². The largest absolute Gasteiger partial charge is 0.376 e. The number of nitrogens with zero attached hydrogens (tertiary/aromatic N) is 2. The molecule has 2 fully saturated rings. The number of hydrogen-bond acceptors (Lipinski definition) is 5. The zero-order valence-electron chi connectivity index (χ0n) is 13.0. The van der Waals surface area contributed by atoms with Gasteiger partial charge in [0.25, 0.3) is 0 Å². The van der Waals surface area contributed by atoms with E-state index in [1.807, 2.05) is 6.92 Å². The van der Waals surface area contributed by atoms with Crippen LogP contribution in [0.1, 0.15) is 82.3 Å². The van der Waals surface area contributed by atoms with Crippen molar-refractivity contribution in [2.24, 2.45) is 5.73 Å². The highest BCUT2D eigenvalue weighted by atomic mass is 16.5. The molecule has 0 aromatic carbocycles.